The summed E-state index contributed by atoms with van der Waals surface area (Å²) in [4.78, 5) is 17.0. The highest BCUT2D eigenvalue weighted by atomic mass is 32.1. The normalized spacial score (nSPS) is 10.6. The highest BCUT2D eigenvalue weighted by Gasteiger charge is 2.16. The number of fused-ring (bicyclic) bond motifs is 1. The lowest BCUT2D eigenvalue weighted by molar-refractivity contribution is 0.102. The van der Waals surface area contributed by atoms with Gasteiger partial charge in [0.1, 0.15) is 11.5 Å². The van der Waals surface area contributed by atoms with Gasteiger partial charge in [-0.25, -0.2) is 4.98 Å². The van der Waals surface area contributed by atoms with Gasteiger partial charge >= 0.3 is 0 Å². The zero-order chi connectivity index (χ0) is 17.1. The van der Waals surface area contributed by atoms with Gasteiger partial charge in [-0.2, -0.15) is 0 Å². The van der Waals surface area contributed by atoms with Crippen LogP contribution in [0.5, 0.6) is 11.5 Å². The molecule has 0 bridgehead atoms. The maximum absolute atomic E-state index is 12.5. The van der Waals surface area contributed by atoms with Crippen LogP contribution in [0.3, 0.4) is 0 Å². The lowest BCUT2D eigenvalue weighted by atomic mass is 10.1. The summed E-state index contributed by atoms with van der Waals surface area (Å²) in [7, 11) is 1.56. The van der Waals surface area contributed by atoms with Crippen LogP contribution in [0.2, 0.25) is 0 Å². The highest BCUT2D eigenvalue weighted by Crippen LogP contribution is 2.30. The quantitative estimate of drug-likeness (QED) is 0.752. The zero-order valence-electron chi connectivity index (χ0n) is 13.8. The molecule has 1 amide bonds. The summed E-state index contributed by atoms with van der Waals surface area (Å²) in [5, 5.41) is 3.40. The number of hydrogen-bond donors (Lipinski definition) is 1. The molecule has 5 nitrogen and oxygen atoms in total. The van der Waals surface area contributed by atoms with E-state index in [0.717, 1.165) is 21.5 Å². The van der Waals surface area contributed by atoms with E-state index < -0.39 is 0 Å². The maximum atomic E-state index is 12.5. The Labute approximate surface area is 144 Å². The van der Waals surface area contributed by atoms with Crippen molar-refractivity contribution in [3.8, 4) is 11.5 Å². The van der Waals surface area contributed by atoms with E-state index >= 15 is 0 Å². The summed E-state index contributed by atoms with van der Waals surface area (Å²) in [6, 6.07) is 11.2. The van der Waals surface area contributed by atoms with Gasteiger partial charge in [0.15, 0.2) is 5.13 Å². The Bertz CT molecular complexity index is 889. The Morgan fingerprint density at radius 3 is 2.88 bits per heavy atom. The molecule has 0 spiro atoms. The average Bonchev–Trinajstić information content (AvgIpc) is 2.96. The van der Waals surface area contributed by atoms with Gasteiger partial charge in [0.2, 0.25) is 0 Å². The first-order chi connectivity index (χ1) is 11.6. The summed E-state index contributed by atoms with van der Waals surface area (Å²) < 4.78 is 11.8. The molecule has 24 heavy (non-hydrogen) atoms. The van der Waals surface area contributed by atoms with Gasteiger partial charge in [0.05, 0.1) is 29.5 Å². The van der Waals surface area contributed by atoms with Gasteiger partial charge < -0.3 is 9.47 Å². The Morgan fingerprint density at radius 2 is 2.12 bits per heavy atom. The number of amides is 1. The van der Waals surface area contributed by atoms with Gasteiger partial charge in [-0.05, 0) is 43.7 Å². The number of nitrogens with one attached hydrogen (secondary N) is 1. The number of methoxy groups -OCH3 is 1. The predicted molar refractivity (Wildman–Crippen MR) is 96.5 cm³/mol. The number of carbonyl (C=O) groups is 1. The molecule has 0 unspecified atom stereocenters. The number of aryl methyl sites for hydroxylation is 1. The third-order valence-corrected chi connectivity index (χ3v) is 4.49. The van der Waals surface area contributed by atoms with Gasteiger partial charge in [-0.15, -0.1) is 0 Å². The molecular weight excluding hydrogens is 324 g/mol. The van der Waals surface area contributed by atoms with Crippen LogP contribution in [0, 0.1) is 6.92 Å². The van der Waals surface area contributed by atoms with Crippen LogP contribution in [0.1, 0.15) is 22.8 Å². The second kappa shape index (κ2) is 6.88. The minimum Gasteiger partial charge on any atom is -0.496 e. The molecule has 0 saturated carbocycles. The van der Waals surface area contributed by atoms with Gasteiger partial charge in [-0.3, -0.25) is 10.1 Å². The molecule has 0 atom stereocenters. The van der Waals surface area contributed by atoms with Crippen LogP contribution in [0.4, 0.5) is 5.13 Å². The predicted octanol–water partition coefficient (Wildman–Crippen LogP) is 4.26. The first-order valence-electron chi connectivity index (χ1n) is 7.60. The standard InChI is InChI=1S/C18H18N2O3S/c1-4-23-12-8-9-14-15(10-12)24-18(19-14)20-17(21)13-7-5-6-11(2)16(13)22-3/h5-10H,4H2,1-3H3,(H,19,20,21). The molecule has 1 heterocycles. The van der Waals surface area contributed by atoms with E-state index in [9.17, 15) is 4.79 Å². The fourth-order valence-electron chi connectivity index (χ4n) is 2.48. The van der Waals surface area contributed by atoms with Gasteiger partial charge in [0.25, 0.3) is 5.91 Å². The van der Waals surface area contributed by atoms with Crippen molar-refractivity contribution in [3.63, 3.8) is 0 Å². The molecule has 6 heteroatoms. The largest absolute Gasteiger partial charge is 0.496 e. The fraction of sp³-hybridized carbons (Fsp3) is 0.222. The number of thiazole rings is 1. The van der Waals surface area contributed by atoms with E-state index in [1.165, 1.54) is 11.3 Å². The molecule has 3 rings (SSSR count). The molecule has 0 radical (unpaired) electrons. The van der Waals surface area contributed by atoms with Crippen molar-refractivity contribution in [2.75, 3.05) is 19.0 Å². The number of hydrogen-bond acceptors (Lipinski definition) is 5. The van der Waals surface area contributed by atoms with Crippen molar-refractivity contribution in [1.82, 2.24) is 4.98 Å². The first-order valence-corrected chi connectivity index (χ1v) is 8.42. The van der Waals surface area contributed by atoms with Crippen LogP contribution in [0.25, 0.3) is 10.2 Å². The van der Waals surface area contributed by atoms with Gasteiger partial charge in [0, 0.05) is 0 Å². The van der Waals surface area contributed by atoms with Crippen molar-refractivity contribution >= 4 is 32.6 Å². The topological polar surface area (TPSA) is 60.5 Å². The van der Waals surface area contributed by atoms with E-state index in [2.05, 4.69) is 10.3 Å². The van der Waals surface area contributed by atoms with E-state index in [1.807, 2.05) is 44.2 Å². The summed E-state index contributed by atoms with van der Waals surface area (Å²) >= 11 is 1.41. The SMILES string of the molecule is CCOc1ccc2nc(NC(=O)c3cccc(C)c3OC)sc2c1. The van der Waals surface area contributed by atoms with E-state index in [1.54, 1.807) is 13.2 Å². The molecule has 1 aromatic heterocycles. The molecule has 0 aliphatic carbocycles. The van der Waals surface area contributed by atoms with Crippen LogP contribution in [0.15, 0.2) is 36.4 Å². The van der Waals surface area contributed by atoms with E-state index in [0.29, 0.717) is 23.1 Å². The third kappa shape index (κ3) is 3.19. The molecule has 0 aliphatic rings. The second-order valence-electron chi connectivity index (χ2n) is 5.19. The first kappa shape index (κ1) is 16.3. The summed E-state index contributed by atoms with van der Waals surface area (Å²) in [6.07, 6.45) is 0. The van der Waals surface area contributed by atoms with E-state index in [-0.39, 0.29) is 5.91 Å². The van der Waals surface area contributed by atoms with Crippen LogP contribution in [-0.2, 0) is 0 Å². The average molecular weight is 342 g/mol. The van der Waals surface area contributed by atoms with Crippen molar-refractivity contribution in [3.05, 3.63) is 47.5 Å². The number of para-hydroxylation sites is 1. The Hall–Kier alpha value is -2.60. The Balaban J connectivity index is 1.87. The third-order valence-electron chi connectivity index (χ3n) is 3.55. The molecule has 3 aromatic rings. The molecule has 0 aliphatic heterocycles. The van der Waals surface area contributed by atoms with Crippen molar-refractivity contribution in [2.24, 2.45) is 0 Å². The summed E-state index contributed by atoms with van der Waals surface area (Å²) in [5.74, 6) is 1.14. The van der Waals surface area contributed by atoms with Crippen molar-refractivity contribution in [2.45, 2.75) is 13.8 Å². The number of benzene rings is 2. The van der Waals surface area contributed by atoms with Crippen molar-refractivity contribution in [1.29, 1.82) is 0 Å². The lowest BCUT2D eigenvalue weighted by Crippen LogP contribution is -2.13. The number of anilines is 1. The molecule has 0 saturated heterocycles. The number of ether oxygens (including phenoxy) is 2. The zero-order valence-corrected chi connectivity index (χ0v) is 14.6. The summed E-state index contributed by atoms with van der Waals surface area (Å²) in [6.45, 7) is 4.46. The smallest absolute Gasteiger partial charge is 0.261 e. The Morgan fingerprint density at radius 1 is 1.29 bits per heavy atom. The number of carbonyl (C=O) groups excluding carboxylic acids is 1. The minimum absolute atomic E-state index is 0.236. The molecule has 124 valence electrons. The molecule has 1 N–H and O–H groups in total. The number of aromatic nitrogens is 1. The summed E-state index contributed by atoms with van der Waals surface area (Å²) in [5.41, 5.74) is 2.23. The van der Waals surface area contributed by atoms with E-state index in [4.69, 9.17) is 9.47 Å². The lowest BCUT2D eigenvalue weighted by Gasteiger charge is -2.10. The van der Waals surface area contributed by atoms with Crippen molar-refractivity contribution < 1.29 is 14.3 Å². The monoisotopic (exact) mass is 342 g/mol. The fourth-order valence-corrected chi connectivity index (χ4v) is 3.37. The molecular formula is C18H18N2O3S. The van der Waals surface area contributed by atoms with Gasteiger partial charge in [-0.1, -0.05) is 23.5 Å². The Kier molecular flexibility index (Phi) is 4.66. The number of rotatable bonds is 5. The molecule has 0 fully saturated rings. The number of nitrogens with zero attached hydrogens (tertiary/aromatic N) is 1. The van der Waals surface area contributed by atoms with Crippen LogP contribution >= 0.6 is 11.3 Å². The van der Waals surface area contributed by atoms with Crippen LogP contribution < -0.4 is 14.8 Å². The maximum Gasteiger partial charge on any atom is 0.261 e. The molecule has 2 aromatic carbocycles. The highest BCUT2D eigenvalue weighted by molar-refractivity contribution is 7.22. The minimum atomic E-state index is -0.236. The second-order valence-corrected chi connectivity index (χ2v) is 6.22. The van der Waals surface area contributed by atoms with Crippen LogP contribution in [-0.4, -0.2) is 24.6 Å².